The van der Waals surface area contributed by atoms with E-state index in [2.05, 4.69) is 42.5 Å². The molecule has 0 radical (unpaired) electrons. The molecule has 1 heterocycles. The highest BCUT2D eigenvalue weighted by Gasteiger charge is 2.19. The lowest BCUT2D eigenvalue weighted by Gasteiger charge is -2.19. The molecule has 17 heavy (non-hydrogen) atoms. The number of rotatable bonds is 2. The molecule has 0 aliphatic heterocycles. The summed E-state index contributed by atoms with van der Waals surface area (Å²) in [5, 5.41) is 0. The monoisotopic (exact) mass is 229 g/mol. The third-order valence-corrected chi connectivity index (χ3v) is 2.72. The Morgan fingerprint density at radius 2 is 1.82 bits per heavy atom. The summed E-state index contributed by atoms with van der Waals surface area (Å²) in [5.41, 5.74) is 7.79. The van der Waals surface area contributed by atoms with E-state index in [0.717, 1.165) is 18.1 Å². The molecule has 0 bridgehead atoms. The van der Waals surface area contributed by atoms with Crippen LogP contribution in [0.25, 0.3) is 0 Å². The van der Waals surface area contributed by atoms with Gasteiger partial charge in [0.1, 0.15) is 5.82 Å². The molecule has 0 saturated carbocycles. The van der Waals surface area contributed by atoms with E-state index in [-0.39, 0.29) is 5.41 Å². The van der Waals surface area contributed by atoms with Crippen molar-refractivity contribution in [2.45, 2.75) is 32.7 Å². The molecule has 0 unspecified atom stereocenters. The smallest absolute Gasteiger partial charge is 0.114 e. The summed E-state index contributed by atoms with van der Waals surface area (Å²) in [6.45, 7) is 7.37. The molecule has 0 fully saturated rings. The van der Waals surface area contributed by atoms with Gasteiger partial charge in [-0.05, 0) is 17.7 Å². The van der Waals surface area contributed by atoms with Crippen molar-refractivity contribution in [2.75, 3.05) is 5.73 Å². The van der Waals surface area contributed by atoms with Gasteiger partial charge in [-0.15, -0.1) is 0 Å². The molecule has 0 saturated heterocycles. The van der Waals surface area contributed by atoms with Crippen LogP contribution in [0, 0.1) is 0 Å². The van der Waals surface area contributed by atoms with E-state index in [1.165, 1.54) is 5.56 Å². The molecule has 2 rings (SSSR count). The second-order valence-corrected chi connectivity index (χ2v) is 5.37. The molecule has 1 aromatic carbocycles. The Balaban J connectivity index is 2.25. The number of hydrogen-bond acceptors (Lipinski definition) is 2. The molecular weight excluding hydrogens is 210 g/mol. The van der Waals surface area contributed by atoms with Crippen molar-refractivity contribution in [1.82, 2.24) is 9.55 Å². The normalized spacial score (nSPS) is 11.7. The maximum absolute atomic E-state index is 5.68. The lowest BCUT2D eigenvalue weighted by Crippen LogP contribution is -2.19. The number of benzene rings is 1. The van der Waals surface area contributed by atoms with Gasteiger partial charge in [0.25, 0.3) is 0 Å². The van der Waals surface area contributed by atoms with E-state index in [1.54, 1.807) is 0 Å². The lowest BCUT2D eigenvalue weighted by molar-refractivity contribution is 0.511. The third-order valence-electron chi connectivity index (χ3n) is 2.72. The first-order valence-electron chi connectivity index (χ1n) is 5.83. The SMILES string of the molecule is CC(C)(C)c1nccn1Cc1ccc(N)cc1. The van der Waals surface area contributed by atoms with Gasteiger partial charge in [0, 0.05) is 30.0 Å². The number of anilines is 1. The van der Waals surface area contributed by atoms with E-state index in [9.17, 15) is 0 Å². The van der Waals surface area contributed by atoms with Crippen molar-refractivity contribution in [1.29, 1.82) is 0 Å². The second kappa shape index (κ2) is 4.24. The fourth-order valence-corrected chi connectivity index (χ4v) is 1.90. The van der Waals surface area contributed by atoms with Crippen LogP contribution in [0.2, 0.25) is 0 Å². The number of nitrogen functional groups attached to an aromatic ring is 1. The van der Waals surface area contributed by atoms with Crippen LogP contribution in [-0.4, -0.2) is 9.55 Å². The first-order valence-corrected chi connectivity index (χ1v) is 5.83. The zero-order valence-electron chi connectivity index (χ0n) is 10.6. The molecule has 2 aromatic rings. The van der Waals surface area contributed by atoms with Crippen LogP contribution in [0.1, 0.15) is 32.2 Å². The van der Waals surface area contributed by atoms with Crippen molar-refractivity contribution in [2.24, 2.45) is 0 Å². The van der Waals surface area contributed by atoms with Gasteiger partial charge in [-0.3, -0.25) is 0 Å². The van der Waals surface area contributed by atoms with E-state index < -0.39 is 0 Å². The Morgan fingerprint density at radius 1 is 1.18 bits per heavy atom. The van der Waals surface area contributed by atoms with Crippen molar-refractivity contribution in [3.05, 3.63) is 48.0 Å². The van der Waals surface area contributed by atoms with Gasteiger partial charge in [0.05, 0.1) is 0 Å². The zero-order chi connectivity index (χ0) is 12.5. The van der Waals surface area contributed by atoms with Crippen molar-refractivity contribution < 1.29 is 0 Å². The average Bonchev–Trinajstić information content (AvgIpc) is 2.69. The Kier molecular flexibility index (Phi) is 2.92. The fourth-order valence-electron chi connectivity index (χ4n) is 1.90. The van der Waals surface area contributed by atoms with Crippen LogP contribution in [0.4, 0.5) is 5.69 Å². The highest BCUT2D eigenvalue weighted by atomic mass is 15.1. The van der Waals surface area contributed by atoms with E-state index in [1.807, 2.05) is 24.5 Å². The summed E-state index contributed by atoms with van der Waals surface area (Å²) in [6, 6.07) is 7.98. The number of imidazole rings is 1. The van der Waals surface area contributed by atoms with Crippen LogP contribution < -0.4 is 5.73 Å². The molecule has 0 aliphatic carbocycles. The number of nitrogens with zero attached hydrogens (tertiary/aromatic N) is 2. The van der Waals surface area contributed by atoms with Crippen molar-refractivity contribution >= 4 is 5.69 Å². The molecule has 2 N–H and O–H groups in total. The quantitative estimate of drug-likeness (QED) is 0.805. The minimum Gasteiger partial charge on any atom is -0.399 e. The summed E-state index contributed by atoms with van der Waals surface area (Å²) < 4.78 is 2.19. The summed E-state index contributed by atoms with van der Waals surface area (Å²) in [6.07, 6.45) is 3.88. The van der Waals surface area contributed by atoms with Gasteiger partial charge in [-0.1, -0.05) is 32.9 Å². The van der Waals surface area contributed by atoms with Crippen LogP contribution in [0.15, 0.2) is 36.7 Å². The number of nitrogens with two attached hydrogens (primary N) is 1. The van der Waals surface area contributed by atoms with Crippen molar-refractivity contribution in [3.8, 4) is 0 Å². The standard InChI is InChI=1S/C14H19N3/c1-14(2,3)13-16-8-9-17(13)10-11-4-6-12(15)7-5-11/h4-9H,10,15H2,1-3H3. The average molecular weight is 229 g/mol. The summed E-state index contributed by atoms with van der Waals surface area (Å²) in [4.78, 5) is 4.44. The largest absolute Gasteiger partial charge is 0.399 e. The Morgan fingerprint density at radius 3 is 2.41 bits per heavy atom. The molecule has 0 atom stereocenters. The predicted octanol–water partition coefficient (Wildman–Crippen LogP) is 2.81. The first-order chi connectivity index (χ1) is 7.97. The van der Waals surface area contributed by atoms with Gasteiger partial charge < -0.3 is 10.3 Å². The molecule has 3 heteroatoms. The summed E-state index contributed by atoms with van der Waals surface area (Å²) in [5.74, 6) is 1.11. The van der Waals surface area contributed by atoms with E-state index in [4.69, 9.17) is 5.73 Å². The van der Waals surface area contributed by atoms with Crippen LogP contribution in [0.5, 0.6) is 0 Å². The fraction of sp³-hybridized carbons (Fsp3) is 0.357. The molecule has 90 valence electrons. The van der Waals surface area contributed by atoms with Crippen LogP contribution in [0.3, 0.4) is 0 Å². The lowest BCUT2D eigenvalue weighted by atomic mass is 9.95. The Labute approximate surface area is 102 Å². The van der Waals surface area contributed by atoms with E-state index >= 15 is 0 Å². The minimum absolute atomic E-state index is 0.0668. The number of hydrogen-bond donors (Lipinski definition) is 1. The van der Waals surface area contributed by atoms with Gasteiger partial charge in [0.2, 0.25) is 0 Å². The Hall–Kier alpha value is -1.77. The molecule has 0 aliphatic rings. The molecule has 0 amide bonds. The highest BCUT2D eigenvalue weighted by molar-refractivity contribution is 5.39. The van der Waals surface area contributed by atoms with Crippen LogP contribution in [-0.2, 0) is 12.0 Å². The van der Waals surface area contributed by atoms with Gasteiger partial charge >= 0.3 is 0 Å². The topological polar surface area (TPSA) is 43.8 Å². The summed E-state index contributed by atoms with van der Waals surface area (Å²) >= 11 is 0. The van der Waals surface area contributed by atoms with Crippen LogP contribution >= 0.6 is 0 Å². The first kappa shape index (κ1) is 11.7. The van der Waals surface area contributed by atoms with Gasteiger partial charge in [-0.25, -0.2) is 4.98 Å². The van der Waals surface area contributed by atoms with Crippen molar-refractivity contribution in [3.63, 3.8) is 0 Å². The zero-order valence-corrected chi connectivity index (χ0v) is 10.6. The van der Waals surface area contributed by atoms with E-state index in [0.29, 0.717) is 0 Å². The maximum Gasteiger partial charge on any atom is 0.114 e. The minimum atomic E-state index is 0.0668. The molecule has 3 nitrogen and oxygen atoms in total. The van der Waals surface area contributed by atoms with Gasteiger partial charge in [0.15, 0.2) is 0 Å². The van der Waals surface area contributed by atoms with Gasteiger partial charge in [-0.2, -0.15) is 0 Å². The Bertz CT molecular complexity index is 489. The summed E-state index contributed by atoms with van der Waals surface area (Å²) in [7, 11) is 0. The third kappa shape index (κ3) is 2.67. The molecule has 1 aromatic heterocycles. The predicted molar refractivity (Wildman–Crippen MR) is 70.9 cm³/mol. The maximum atomic E-state index is 5.68. The number of aromatic nitrogens is 2. The second-order valence-electron chi connectivity index (χ2n) is 5.37. The molecular formula is C14H19N3. The molecule has 0 spiro atoms. The highest BCUT2D eigenvalue weighted by Crippen LogP contribution is 2.21.